The molecule has 0 spiro atoms. The van der Waals surface area contributed by atoms with E-state index in [1.165, 1.54) is 16.9 Å². The van der Waals surface area contributed by atoms with Gasteiger partial charge in [-0.1, -0.05) is 42.8 Å². The molecule has 0 fully saturated rings. The van der Waals surface area contributed by atoms with Crippen LogP contribution in [0.2, 0.25) is 5.15 Å². The van der Waals surface area contributed by atoms with Crippen molar-refractivity contribution in [3.63, 3.8) is 0 Å². The van der Waals surface area contributed by atoms with Gasteiger partial charge in [0.15, 0.2) is 0 Å². The van der Waals surface area contributed by atoms with Crippen LogP contribution in [0.1, 0.15) is 17.5 Å². The maximum absolute atomic E-state index is 6.02. The van der Waals surface area contributed by atoms with Crippen molar-refractivity contribution < 1.29 is 9.47 Å². The molecular weight excluding hydrogens is 342 g/mol. The van der Waals surface area contributed by atoms with Gasteiger partial charge in [-0.15, -0.1) is 11.3 Å². The first-order valence-corrected chi connectivity index (χ1v) is 8.96. The SMILES string of the molecule is CCc1ccccc1-c1cc(OC)ccc1OCc1nc(Cl)cs1. The predicted octanol–water partition coefficient (Wildman–Crippen LogP) is 5.61. The lowest BCUT2D eigenvalue weighted by Crippen LogP contribution is -1.98. The Morgan fingerprint density at radius 2 is 1.96 bits per heavy atom. The summed E-state index contributed by atoms with van der Waals surface area (Å²) in [5.41, 5.74) is 3.45. The maximum atomic E-state index is 6.02. The Kier molecular flexibility index (Phi) is 5.38. The van der Waals surface area contributed by atoms with Crippen molar-refractivity contribution in [2.24, 2.45) is 0 Å². The zero-order valence-corrected chi connectivity index (χ0v) is 15.2. The average molecular weight is 360 g/mol. The number of hydrogen-bond donors (Lipinski definition) is 0. The molecule has 3 aromatic rings. The number of ether oxygens (including phenoxy) is 2. The smallest absolute Gasteiger partial charge is 0.140 e. The van der Waals surface area contributed by atoms with Gasteiger partial charge in [-0.05, 0) is 35.7 Å². The summed E-state index contributed by atoms with van der Waals surface area (Å²) in [6.45, 7) is 2.54. The number of thiazole rings is 1. The molecular formula is C19H18ClNO2S. The van der Waals surface area contributed by atoms with E-state index in [0.29, 0.717) is 11.8 Å². The third-order valence-corrected chi connectivity index (χ3v) is 4.90. The van der Waals surface area contributed by atoms with Gasteiger partial charge in [0.1, 0.15) is 28.3 Å². The Bertz CT molecular complexity index is 832. The van der Waals surface area contributed by atoms with Crippen molar-refractivity contribution in [2.45, 2.75) is 20.0 Å². The van der Waals surface area contributed by atoms with Crippen molar-refractivity contribution in [2.75, 3.05) is 7.11 Å². The zero-order valence-electron chi connectivity index (χ0n) is 13.6. The van der Waals surface area contributed by atoms with Gasteiger partial charge in [-0.25, -0.2) is 4.98 Å². The molecule has 0 aliphatic rings. The Morgan fingerprint density at radius 3 is 2.67 bits per heavy atom. The monoisotopic (exact) mass is 359 g/mol. The summed E-state index contributed by atoms with van der Waals surface area (Å²) < 4.78 is 11.4. The fourth-order valence-corrected chi connectivity index (χ4v) is 3.41. The molecule has 0 saturated heterocycles. The second kappa shape index (κ2) is 7.69. The van der Waals surface area contributed by atoms with E-state index in [1.807, 2.05) is 29.6 Å². The minimum atomic E-state index is 0.394. The molecule has 0 unspecified atom stereocenters. The van der Waals surface area contributed by atoms with Crippen LogP contribution in [0.25, 0.3) is 11.1 Å². The van der Waals surface area contributed by atoms with Crippen molar-refractivity contribution in [3.8, 4) is 22.6 Å². The van der Waals surface area contributed by atoms with Crippen molar-refractivity contribution in [1.82, 2.24) is 4.98 Å². The Hall–Kier alpha value is -2.04. The molecule has 1 heterocycles. The van der Waals surface area contributed by atoms with E-state index >= 15 is 0 Å². The van der Waals surface area contributed by atoms with Crippen LogP contribution in [0.3, 0.4) is 0 Å². The highest BCUT2D eigenvalue weighted by molar-refractivity contribution is 7.10. The fraction of sp³-hybridized carbons (Fsp3) is 0.211. The van der Waals surface area contributed by atoms with Crippen LogP contribution in [-0.4, -0.2) is 12.1 Å². The molecule has 0 aliphatic heterocycles. The predicted molar refractivity (Wildman–Crippen MR) is 99.3 cm³/mol. The summed E-state index contributed by atoms with van der Waals surface area (Å²) >= 11 is 7.37. The molecule has 3 nitrogen and oxygen atoms in total. The largest absolute Gasteiger partial charge is 0.497 e. The van der Waals surface area contributed by atoms with Crippen molar-refractivity contribution >= 4 is 22.9 Å². The van der Waals surface area contributed by atoms with Gasteiger partial charge < -0.3 is 9.47 Å². The standard InChI is InChI=1S/C19H18ClNO2S/c1-3-13-6-4-5-7-15(13)16-10-14(22-2)8-9-17(16)23-11-19-21-18(20)12-24-19/h4-10,12H,3,11H2,1-2H3. The number of methoxy groups -OCH3 is 1. The Labute approximate surface area is 150 Å². The molecule has 2 aromatic carbocycles. The Balaban J connectivity index is 1.96. The third kappa shape index (κ3) is 3.71. The third-order valence-electron chi connectivity index (χ3n) is 3.75. The molecule has 24 heavy (non-hydrogen) atoms. The summed E-state index contributed by atoms with van der Waals surface area (Å²) in [6, 6.07) is 14.2. The number of benzene rings is 2. The molecule has 0 bridgehead atoms. The Morgan fingerprint density at radius 1 is 1.12 bits per heavy atom. The molecule has 0 radical (unpaired) electrons. The topological polar surface area (TPSA) is 31.4 Å². The minimum Gasteiger partial charge on any atom is -0.497 e. The highest BCUT2D eigenvalue weighted by Gasteiger charge is 2.12. The van der Waals surface area contributed by atoms with Crippen molar-refractivity contribution in [3.05, 3.63) is 63.6 Å². The normalized spacial score (nSPS) is 10.6. The van der Waals surface area contributed by atoms with Crippen LogP contribution in [-0.2, 0) is 13.0 Å². The first-order valence-electron chi connectivity index (χ1n) is 7.70. The maximum Gasteiger partial charge on any atom is 0.140 e. The first kappa shape index (κ1) is 16.8. The minimum absolute atomic E-state index is 0.394. The average Bonchev–Trinajstić information content (AvgIpc) is 3.05. The van der Waals surface area contributed by atoms with Crippen LogP contribution < -0.4 is 9.47 Å². The van der Waals surface area contributed by atoms with Crippen LogP contribution in [0.4, 0.5) is 0 Å². The van der Waals surface area contributed by atoms with Crippen LogP contribution in [0.5, 0.6) is 11.5 Å². The highest BCUT2D eigenvalue weighted by atomic mass is 35.5. The number of rotatable bonds is 6. The summed E-state index contributed by atoms with van der Waals surface area (Å²) in [5.74, 6) is 1.61. The molecule has 0 atom stereocenters. The second-order valence-corrected chi connectivity index (χ2v) is 6.56. The van der Waals surface area contributed by atoms with Crippen LogP contribution in [0.15, 0.2) is 47.8 Å². The van der Waals surface area contributed by atoms with Crippen molar-refractivity contribution in [1.29, 1.82) is 0 Å². The van der Waals surface area contributed by atoms with Gasteiger partial charge in [0.2, 0.25) is 0 Å². The number of aryl methyl sites for hydroxylation is 1. The van der Waals surface area contributed by atoms with E-state index in [1.54, 1.807) is 7.11 Å². The quantitative estimate of drug-likeness (QED) is 0.573. The van der Waals surface area contributed by atoms with E-state index in [-0.39, 0.29) is 0 Å². The van der Waals surface area contributed by atoms with Gasteiger partial charge in [0.05, 0.1) is 7.11 Å². The van der Waals surface area contributed by atoms with Gasteiger partial charge >= 0.3 is 0 Å². The van der Waals surface area contributed by atoms with E-state index in [2.05, 4.69) is 30.1 Å². The molecule has 124 valence electrons. The number of hydrogen-bond acceptors (Lipinski definition) is 4. The van der Waals surface area contributed by atoms with Gasteiger partial charge in [-0.2, -0.15) is 0 Å². The second-order valence-electron chi connectivity index (χ2n) is 5.23. The van der Waals surface area contributed by atoms with E-state index < -0.39 is 0 Å². The van der Waals surface area contributed by atoms with Gasteiger partial charge in [0, 0.05) is 10.9 Å². The number of halogens is 1. The number of aromatic nitrogens is 1. The first-order chi connectivity index (χ1) is 11.7. The lowest BCUT2D eigenvalue weighted by molar-refractivity contribution is 0.306. The summed E-state index contributed by atoms with van der Waals surface area (Å²) in [4.78, 5) is 4.23. The molecule has 0 amide bonds. The molecule has 3 rings (SSSR count). The van der Waals surface area contributed by atoms with E-state index in [0.717, 1.165) is 34.1 Å². The summed E-state index contributed by atoms with van der Waals surface area (Å²) in [6.07, 6.45) is 0.953. The van der Waals surface area contributed by atoms with E-state index in [4.69, 9.17) is 21.1 Å². The van der Waals surface area contributed by atoms with Gasteiger partial charge in [0.25, 0.3) is 0 Å². The molecule has 5 heteroatoms. The summed E-state index contributed by atoms with van der Waals surface area (Å²) in [5, 5.41) is 3.16. The zero-order chi connectivity index (χ0) is 16.9. The lowest BCUT2D eigenvalue weighted by atomic mass is 9.97. The molecule has 0 N–H and O–H groups in total. The van der Waals surface area contributed by atoms with Crippen LogP contribution in [0, 0.1) is 0 Å². The molecule has 0 aliphatic carbocycles. The lowest BCUT2D eigenvalue weighted by Gasteiger charge is -2.15. The summed E-state index contributed by atoms with van der Waals surface area (Å²) in [7, 11) is 1.67. The van der Waals surface area contributed by atoms with Crippen LogP contribution >= 0.6 is 22.9 Å². The highest BCUT2D eigenvalue weighted by Crippen LogP contribution is 2.36. The fourth-order valence-electron chi connectivity index (χ4n) is 2.56. The molecule has 1 aromatic heterocycles. The number of nitrogens with zero attached hydrogens (tertiary/aromatic N) is 1. The van der Waals surface area contributed by atoms with E-state index in [9.17, 15) is 0 Å². The van der Waals surface area contributed by atoms with Gasteiger partial charge in [-0.3, -0.25) is 0 Å². The molecule has 0 saturated carbocycles.